The van der Waals surface area contributed by atoms with Crippen molar-refractivity contribution in [2.24, 2.45) is 5.73 Å². The monoisotopic (exact) mass is 279 g/mol. The van der Waals surface area contributed by atoms with Crippen molar-refractivity contribution in [2.75, 3.05) is 5.75 Å². The number of benzene rings is 1. The Kier molecular flexibility index (Phi) is 4.28. The standard InChI is InChI=1S/C13H13NO2S2/c14-13(15)9-18(16)8-10-1-3-11(4-2-10)12-5-6-17-7-12/h1-7H,8-9H2,(H2,14,15)/t18-/m0/s1. The summed E-state index contributed by atoms with van der Waals surface area (Å²) in [7, 11) is -1.22. The molecule has 0 aliphatic carbocycles. The Labute approximate surface area is 112 Å². The summed E-state index contributed by atoms with van der Waals surface area (Å²) in [6, 6.07) is 9.93. The van der Waals surface area contributed by atoms with Crippen LogP contribution in [0, 0.1) is 0 Å². The Hall–Kier alpha value is -1.46. The van der Waals surface area contributed by atoms with Gasteiger partial charge in [0.15, 0.2) is 0 Å². The first kappa shape index (κ1) is 13.0. The normalized spacial score (nSPS) is 12.2. The first-order valence-electron chi connectivity index (χ1n) is 5.40. The van der Waals surface area contributed by atoms with Crippen molar-refractivity contribution in [2.45, 2.75) is 5.75 Å². The lowest BCUT2D eigenvalue weighted by atomic mass is 10.1. The van der Waals surface area contributed by atoms with Crippen LogP contribution in [0.5, 0.6) is 0 Å². The van der Waals surface area contributed by atoms with Crippen LogP contribution >= 0.6 is 11.3 Å². The minimum absolute atomic E-state index is 0.0771. The van der Waals surface area contributed by atoms with Crippen molar-refractivity contribution in [3.05, 3.63) is 46.7 Å². The zero-order chi connectivity index (χ0) is 13.0. The summed E-state index contributed by atoms with van der Waals surface area (Å²) >= 11 is 1.66. The molecular weight excluding hydrogens is 266 g/mol. The zero-order valence-electron chi connectivity index (χ0n) is 9.67. The lowest BCUT2D eigenvalue weighted by Crippen LogP contribution is -2.20. The molecule has 0 saturated heterocycles. The number of primary amides is 1. The van der Waals surface area contributed by atoms with Crippen molar-refractivity contribution in [3.8, 4) is 11.1 Å². The molecule has 0 aliphatic rings. The molecular formula is C13H13NO2S2. The van der Waals surface area contributed by atoms with E-state index in [9.17, 15) is 9.00 Å². The maximum Gasteiger partial charge on any atom is 0.230 e. The average molecular weight is 279 g/mol. The van der Waals surface area contributed by atoms with Gasteiger partial charge in [0.2, 0.25) is 5.91 Å². The van der Waals surface area contributed by atoms with Crippen LogP contribution in [0.2, 0.25) is 0 Å². The Morgan fingerprint density at radius 1 is 1.17 bits per heavy atom. The van der Waals surface area contributed by atoms with Gasteiger partial charge < -0.3 is 5.73 Å². The van der Waals surface area contributed by atoms with Gasteiger partial charge in [0.1, 0.15) is 5.75 Å². The molecule has 1 amide bonds. The zero-order valence-corrected chi connectivity index (χ0v) is 11.3. The van der Waals surface area contributed by atoms with Crippen LogP contribution in [0.25, 0.3) is 11.1 Å². The van der Waals surface area contributed by atoms with Gasteiger partial charge >= 0.3 is 0 Å². The summed E-state index contributed by atoms with van der Waals surface area (Å²) in [5.74, 6) is -0.234. The van der Waals surface area contributed by atoms with Crippen LogP contribution in [-0.4, -0.2) is 15.9 Å². The molecule has 94 valence electrons. The summed E-state index contributed by atoms with van der Waals surface area (Å²) in [5, 5.41) is 4.12. The summed E-state index contributed by atoms with van der Waals surface area (Å²) in [4.78, 5) is 10.6. The molecule has 2 rings (SSSR count). The number of carbonyl (C=O) groups is 1. The van der Waals surface area contributed by atoms with Crippen molar-refractivity contribution < 1.29 is 9.00 Å². The molecule has 2 aromatic rings. The summed E-state index contributed by atoms with van der Waals surface area (Å²) in [5.41, 5.74) is 8.28. The van der Waals surface area contributed by atoms with E-state index in [2.05, 4.69) is 11.4 Å². The van der Waals surface area contributed by atoms with E-state index in [1.807, 2.05) is 29.6 Å². The van der Waals surface area contributed by atoms with Gasteiger partial charge in [-0.2, -0.15) is 11.3 Å². The minimum Gasteiger partial charge on any atom is -0.369 e. The SMILES string of the molecule is NC(=O)C[S@@](=O)Cc1ccc(-c2ccsc2)cc1. The molecule has 0 unspecified atom stereocenters. The van der Waals surface area contributed by atoms with E-state index in [0.29, 0.717) is 5.75 Å². The van der Waals surface area contributed by atoms with Crippen molar-refractivity contribution in [3.63, 3.8) is 0 Å². The molecule has 0 spiro atoms. The molecule has 1 heterocycles. The Bertz CT molecular complexity index is 547. The van der Waals surface area contributed by atoms with Crippen molar-refractivity contribution >= 4 is 28.0 Å². The summed E-state index contributed by atoms with van der Waals surface area (Å²) in [6.45, 7) is 0. The van der Waals surface area contributed by atoms with E-state index < -0.39 is 16.7 Å². The van der Waals surface area contributed by atoms with Gasteiger partial charge in [0.25, 0.3) is 0 Å². The predicted molar refractivity (Wildman–Crippen MR) is 75.7 cm³/mol. The van der Waals surface area contributed by atoms with E-state index in [1.165, 1.54) is 5.56 Å². The summed E-state index contributed by atoms with van der Waals surface area (Å²) in [6.07, 6.45) is 0. The third-order valence-corrected chi connectivity index (χ3v) is 4.38. The van der Waals surface area contributed by atoms with Gasteiger partial charge in [0.05, 0.1) is 0 Å². The molecule has 0 radical (unpaired) electrons. The van der Waals surface area contributed by atoms with Crippen LogP contribution in [0.3, 0.4) is 0 Å². The lowest BCUT2D eigenvalue weighted by Gasteiger charge is -2.02. The van der Waals surface area contributed by atoms with E-state index in [0.717, 1.165) is 11.1 Å². The van der Waals surface area contributed by atoms with Gasteiger partial charge in [0, 0.05) is 16.6 Å². The molecule has 5 heteroatoms. The van der Waals surface area contributed by atoms with Gasteiger partial charge in [-0.1, -0.05) is 24.3 Å². The second-order valence-electron chi connectivity index (χ2n) is 3.90. The van der Waals surface area contributed by atoms with E-state index in [4.69, 9.17) is 5.73 Å². The Morgan fingerprint density at radius 3 is 2.44 bits per heavy atom. The van der Waals surface area contributed by atoms with Gasteiger partial charge in [-0.05, 0) is 33.5 Å². The molecule has 1 aromatic heterocycles. The molecule has 1 atom stereocenters. The fraction of sp³-hybridized carbons (Fsp3) is 0.154. The van der Waals surface area contributed by atoms with Crippen LogP contribution in [0.15, 0.2) is 41.1 Å². The molecule has 0 aliphatic heterocycles. The van der Waals surface area contributed by atoms with Crippen LogP contribution in [-0.2, 0) is 21.3 Å². The first-order chi connectivity index (χ1) is 8.65. The van der Waals surface area contributed by atoms with Crippen molar-refractivity contribution in [1.29, 1.82) is 0 Å². The highest BCUT2D eigenvalue weighted by Gasteiger charge is 2.06. The third kappa shape index (κ3) is 3.51. The van der Waals surface area contributed by atoms with Crippen LogP contribution in [0.4, 0.5) is 0 Å². The van der Waals surface area contributed by atoms with Gasteiger partial charge in [-0.3, -0.25) is 9.00 Å². The molecule has 2 N–H and O–H groups in total. The minimum atomic E-state index is -1.22. The largest absolute Gasteiger partial charge is 0.369 e. The number of rotatable bonds is 5. The number of hydrogen-bond acceptors (Lipinski definition) is 3. The quantitative estimate of drug-likeness (QED) is 0.911. The Morgan fingerprint density at radius 2 is 1.89 bits per heavy atom. The summed E-state index contributed by atoms with van der Waals surface area (Å²) < 4.78 is 11.5. The second-order valence-corrected chi connectivity index (χ2v) is 6.14. The van der Waals surface area contributed by atoms with E-state index in [-0.39, 0.29) is 5.75 Å². The van der Waals surface area contributed by atoms with Crippen LogP contribution < -0.4 is 5.73 Å². The fourth-order valence-corrected chi connectivity index (χ4v) is 3.27. The molecule has 0 saturated carbocycles. The molecule has 1 aromatic carbocycles. The molecule has 18 heavy (non-hydrogen) atoms. The van der Waals surface area contributed by atoms with Gasteiger partial charge in [-0.25, -0.2) is 0 Å². The van der Waals surface area contributed by atoms with Crippen molar-refractivity contribution in [1.82, 2.24) is 0 Å². The molecule has 3 nitrogen and oxygen atoms in total. The first-order valence-corrected chi connectivity index (χ1v) is 7.83. The number of thiophene rings is 1. The lowest BCUT2D eigenvalue weighted by molar-refractivity contribution is -0.115. The highest BCUT2D eigenvalue weighted by atomic mass is 32.2. The third-order valence-electron chi connectivity index (χ3n) is 2.44. The highest BCUT2D eigenvalue weighted by Crippen LogP contribution is 2.22. The van der Waals surface area contributed by atoms with Gasteiger partial charge in [-0.15, -0.1) is 0 Å². The maximum atomic E-state index is 11.5. The maximum absolute atomic E-state index is 11.5. The van der Waals surface area contributed by atoms with Crippen LogP contribution in [0.1, 0.15) is 5.56 Å². The molecule has 0 fully saturated rings. The number of hydrogen-bond donors (Lipinski definition) is 1. The Balaban J connectivity index is 2.04. The number of carbonyl (C=O) groups excluding carboxylic acids is 1. The molecule has 0 bridgehead atoms. The average Bonchev–Trinajstić information content (AvgIpc) is 2.82. The topological polar surface area (TPSA) is 60.2 Å². The van der Waals surface area contributed by atoms with E-state index >= 15 is 0 Å². The predicted octanol–water partition coefficient (Wildman–Crippen LogP) is 2.15. The highest BCUT2D eigenvalue weighted by molar-refractivity contribution is 7.84. The second kappa shape index (κ2) is 5.93. The van der Waals surface area contributed by atoms with E-state index in [1.54, 1.807) is 11.3 Å². The number of amides is 1. The number of nitrogens with two attached hydrogens (primary N) is 1. The smallest absolute Gasteiger partial charge is 0.230 e. The fourth-order valence-electron chi connectivity index (χ4n) is 1.62.